The number of amides is 1. The minimum Gasteiger partial charge on any atom is -0.486 e. The molecule has 2 rings (SSSR count). The molecular formula is C16H25ClN2O5S. The number of hydrogen-bond donors (Lipinski definition) is 2. The second kappa shape index (κ2) is 9.84. The van der Waals surface area contributed by atoms with Crippen molar-refractivity contribution in [1.29, 1.82) is 0 Å². The number of halogens is 1. The normalized spacial score (nSPS) is 14.3. The van der Waals surface area contributed by atoms with Crippen LogP contribution in [0.3, 0.4) is 0 Å². The topological polar surface area (TPSA) is 93.7 Å². The third kappa shape index (κ3) is 6.37. The van der Waals surface area contributed by atoms with Crippen molar-refractivity contribution in [3.63, 3.8) is 0 Å². The summed E-state index contributed by atoms with van der Waals surface area (Å²) in [4.78, 5) is 12.0. The molecule has 25 heavy (non-hydrogen) atoms. The standard InChI is InChI=1S/C16H24N2O5S.ClH/c1-3-17-12(2)11-18-16(19)6-9-24(20,21)13-4-5-14-15(10-13)23-8-7-22-14;/h4-5,10,12,17H,3,6-9,11H2,1-2H3,(H,18,19);1H/t12-;/m1./s1. The monoisotopic (exact) mass is 392 g/mol. The fourth-order valence-electron chi connectivity index (χ4n) is 2.34. The Hall–Kier alpha value is -1.51. The lowest BCUT2D eigenvalue weighted by molar-refractivity contribution is -0.120. The van der Waals surface area contributed by atoms with Gasteiger partial charge in [-0.05, 0) is 25.6 Å². The first kappa shape index (κ1) is 21.5. The second-order valence-corrected chi connectivity index (χ2v) is 7.75. The fourth-order valence-corrected chi connectivity index (χ4v) is 3.59. The first-order valence-electron chi connectivity index (χ1n) is 8.05. The van der Waals surface area contributed by atoms with Crippen LogP contribution in [0.2, 0.25) is 0 Å². The predicted molar refractivity (Wildman–Crippen MR) is 97.5 cm³/mol. The van der Waals surface area contributed by atoms with Crippen molar-refractivity contribution < 1.29 is 22.7 Å². The molecule has 1 aromatic carbocycles. The van der Waals surface area contributed by atoms with E-state index in [1.807, 2.05) is 13.8 Å². The van der Waals surface area contributed by atoms with Crippen LogP contribution in [-0.4, -0.2) is 52.4 Å². The van der Waals surface area contributed by atoms with Gasteiger partial charge in [-0.2, -0.15) is 0 Å². The van der Waals surface area contributed by atoms with E-state index in [1.165, 1.54) is 12.1 Å². The van der Waals surface area contributed by atoms with Crippen LogP contribution in [0, 0.1) is 0 Å². The second-order valence-electron chi connectivity index (χ2n) is 5.64. The Morgan fingerprint density at radius 2 is 1.92 bits per heavy atom. The summed E-state index contributed by atoms with van der Waals surface area (Å²) < 4.78 is 35.5. The van der Waals surface area contributed by atoms with Crippen molar-refractivity contribution >= 4 is 28.2 Å². The van der Waals surface area contributed by atoms with Gasteiger partial charge >= 0.3 is 0 Å². The van der Waals surface area contributed by atoms with Gasteiger partial charge in [-0.3, -0.25) is 4.79 Å². The van der Waals surface area contributed by atoms with E-state index in [1.54, 1.807) is 6.07 Å². The van der Waals surface area contributed by atoms with Crippen molar-refractivity contribution in [3.8, 4) is 11.5 Å². The summed E-state index contributed by atoms with van der Waals surface area (Å²) >= 11 is 0. The highest BCUT2D eigenvalue weighted by Gasteiger charge is 2.20. The van der Waals surface area contributed by atoms with Gasteiger partial charge in [0.1, 0.15) is 13.2 Å². The maximum absolute atomic E-state index is 12.4. The Labute approximate surface area is 154 Å². The molecule has 1 aliphatic heterocycles. The quantitative estimate of drug-likeness (QED) is 0.689. The highest BCUT2D eigenvalue weighted by Crippen LogP contribution is 2.32. The molecule has 0 bridgehead atoms. The number of carbonyl (C=O) groups is 1. The summed E-state index contributed by atoms with van der Waals surface area (Å²) in [5.41, 5.74) is 0. The Bertz CT molecular complexity index is 681. The molecule has 142 valence electrons. The van der Waals surface area contributed by atoms with Gasteiger partial charge in [0.05, 0.1) is 10.6 Å². The highest BCUT2D eigenvalue weighted by molar-refractivity contribution is 7.91. The Kier molecular flexibility index (Phi) is 8.47. The molecule has 0 aliphatic carbocycles. The minimum absolute atomic E-state index is 0. The van der Waals surface area contributed by atoms with Crippen LogP contribution < -0.4 is 20.1 Å². The predicted octanol–water partition coefficient (Wildman–Crippen LogP) is 1.16. The van der Waals surface area contributed by atoms with Crippen molar-refractivity contribution in [2.24, 2.45) is 0 Å². The zero-order valence-electron chi connectivity index (χ0n) is 14.4. The van der Waals surface area contributed by atoms with Gasteiger partial charge in [-0.15, -0.1) is 12.4 Å². The molecule has 9 heteroatoms. The van der Waals surface area contributed by atoms with Gasteiger partial charge in [0.25, 0.3) is 0 Å². The summed E-state index contributed by atoms with van der Waals surface area (Å²) in [7, 11) is -3.55. The van der Waals surface area contributed by atoms with E-state index < -0.39 is 9.84 Å². The molecule has 2 N–H and O–H groups in total. The van der Waals surface area contributed by atoms with E-state index in [2.05, 4.69) is 10.6 Å². The number of fused-ring (bicyclic) bond motifs is 1. The molecule has 1 atom stereocenters. The number of sulfone groups is 1. The number of benzene rings is 1. The van der Waals surface area contributed by atoms with Gasteiger partial charge in [0.15, 0.2) is 21.3 Å². The van der Waals surface area contributed by atoms with Gasteiger partial charge in [-0.1, -0.05) is 6.92 Å². The summed E-state index contributed by atoms with van der Waals surface area (Å²) in [6, 6.07) is 4.66. The van der Waals surface area contributed by atoms with Gasteiger partial charge in [0, 0.05) is 25.1 Å². The molecule has 1 heterocycles. The molecule has 0 spiro atoms. The van der Waals surface area contributed by atoms with E-state index in [9.17, 15) is 13.2 Å². The van der Waals surface area contributed by atoms with E-state index in [0.717, 1.165) is 6.54 Å². The van der Waals surface area contributed by atoms with Gasteiger partial charge in [0.2, 0.25) is 5.91 Å². The number of nitrogens with one attached hydrogen (secondary N) is 2. The lowest BCUT2D eigenvalue weighted by Gasteiger charge is -2.18. The summed E-state index contributed by atoms with van der Waals surface area (Å²) in [6.45, 7) is 6.06. The van der Waals surface area contributed by atoms with Crippen LogP contribution in [-0.2, 0) is 14.6 Å². The van der Waals surface area contributed by atoms with Crippen LogP contribution in [0.25, 0.3) is 0 Å². The molecule has 7 nitrogen and oxygen atoms in total. The molecular weight excluding hydrogens is 368 g/mol. The zero-order chi connectivity index (χ0) is 17.6. The Morgan fingerprint density at radius 3 is 2.60 bits per heavy atom. The van der Waals surface area contributed by atoms with Crippen LogP contribution in [0.5, 0.6) is 11.5 Å². The number of carbonyl (C=O) groups excluding carboxylic acids is 1. The van der Waals surface area contributed by atoms with Crippen LogP contribution in [0.4, 0.5) is 0 Å². The van der Waals surface area contributed by atoms with E-state index in [4.69, 9.17) is 9.47 Å². The first-order valence-corrected chi connectivity index (χ1v) is 9.70. The van der Waals surface area contributed by atoms with E-state index in [-0.39, 0.29) is 41.4 Å². The van der Waals surface area contributed by atoms with Crippen LogP contribution in [0.1, 0.15) is 20.3 Å². The fraction of sp³-hybridized carbons (Fsp3) is 0.562. The molecule has 0 aromatic heterocycles. The zero-order valence-corrected chi connectivity index (χ0v) is 16.0. The molecule has 0 unspecified atom stereocenters. The largest absolute Gasteiger partial charge is 0.486 e. The number of likely N-dealkylation sites (N-methyl/N-ethyl adjacent to an activating group) is 1. The van der Waals surface area contributed by atoms with Crippen molar-refractivity contribution in [3.05, 3.63) is 18.2 Å². The van der Waals surface area contributed by atoms with E-state index in [0.29, 0.717) is 31.3 Å². The smallest absolute Gasteiger partial charge is 0.221 e. The van der Waals surface area contributed by atoms with Crippen molar-refractivity contribution in [1.82, 2.24) is 10.6 Å². The van der Waals surface area contributed by atoms with Gasteiger partial charge in [-0.25, -0.2) is 8.42 Å². The molecule has 0 saturated heterocycles. The molecule has 0 saturated carbocycles. The average molecular weight is 393 g/mol. The van der Waals surface area contributed by atoms with Crippen molar-refractivity contribution in [2.75, 3.05) is 32.1 Å². The third-order valence-corrected chi connectivity index (χ3v) is 5.34. The Balaban J connectivity index is 0.00000312. The molecule has 0 radical (unpaired) electrons. The summed E-state index contributed by atoms with van der Waals surface area (Å²) in [6.07, 6.45) is -0.0738. The number of rotatable bonds is 8. The average Bonchev–Trinajstić information content (AvgIpc) is 2.58. The van der Waals surface area contributed by atoms with Crippen LogP contribution in [0.15, 0.2) is 23.1 Å². The number of ether oxygens (including phenoxy) is 2. The SMILES string of the molecule is CCN[C@H](C)CNC(=O)CCS(=O)(=O)c1ccc2c(c1)OCCO2.Cl. The van der Waals surface area contributed by atoms with E-state index >= 15 is 0 Å². The lowest BCUT2D eigenvalue weighted by Crippen LogP contribution is -2.39. The maximum Gasteiger partial charge on any atom is 0.221 e. The lowest BCUT2D eigenvalue weighted by atomic mass is 10.3. The molecule has 1 amide bonds. The maximum atomic E-state index is 12.4. The minimum atomic E-state index is -3.55. The Morgan fingerprint density at radius 1 is 1.24 bits per heavy atom. The summed E-state index contributed by atoms with van der Waals surface area (Å²) in [5.74, 6) is 0.441. The molecule has 0 fully saturated rings. The highest BCUT2D eigenvalue weighted by atomic mass is 35.5. The van der Waals surface area contributed by atoms with Crippen molar-refractivity contribution in [2.45, 2.75) is 31.2 Å². The van der Waals surface area contributed by atoms with Crippen LogP contribution >= 0.6 is 12.4 Å². The van der Waals surface area contributed by atoms with Gasteiger partial charge < -0.3 is 20.1 Å². The third-order valence-electron chi connectivity index (χ3n) is 3.63. The first-order chi connectivity index (χ1) is 11.4. The molecule has 1 aliphatic rings. The summed E-state index contributed by atoms with van der Waals surface area (Å²) in [5, 5.41) is 5.90. The number of hydrogen-bond acceptors (Lipinski definition) is 6. The molecule has 1 aromatic rings.